The lowest BCUT2D eigenvalue weighted by Gasteiger charge is -2.36. The lowest BCUT2D eigenvalue weighted by molar-refractivity contribution is -0.120. The molecule has 1 unspecified atom stereocenters. The summed E-state index contributed by atoms with van der Waals surface area (Å²) < 4.78 is 1.76. The highest BCUT2D eigenvalue weighted by Crippen LogP contribution is 2.33. The van der Waals surface area contributed by atoms with Crippen LogP contribution in [0.2, 0.25) is 0 Å². The van der Waals surface area contributed by atoms with Crippen molar-refractivity contribution in [1.82, 2.24) is 19.7 Å². The van der Waals surface area contributed by atoms with Gasteiger partial charge in [-0.05, 0) is 24.6 Å². The van der Waals surface area contributed by atoms with E-state index in [2.05, 4.69) is 45.2 Å². The molecule has 1 saturated heterocycles. The van der Waals surface area contributed by atoms with Crippen LogP contribution in [0.1, 0.15) is 32.6 Å². The Bertz CT molecular complexity index is 852. The van der Waals surface area contributed by atoms with Crippen LogP contribution in [0.3, 0.4) is 0 Å². The number of aromatic nitrogens is 4. The second kappa shape index (κ2) is 6.11. The van der Waals surface area contributed by atoms with Crippen LogP contribution >= 0.6 is 0 Å². The highest BCUT2D eigenvalue weighted by molar-refractivity contribution is 5.95. The van der Waals surface area contributed by atoms with Crippen molar-refractivity contribution in [3.8, 4) is 5.69 Å². The Kier molecular flexibility index (Phi) is 3.80. The van der Waals surface area contributed by atoms with Gasteiger partial charge in [0.1, 0.15) is 18.4 Å². The van der Waals surface area contributed by atoms with Crippen molar-refractivity contribution < 1.29 is 4.79 Å². The molecule has 1 aliphatic rings. The number of fused-ring (bicyclic) bond motifs is 1. The summed E-state index contributed by atoms with van der Waals surface area (Å²) in [5, 5.41) is 5.38. The van der Waals surface area contributed by atoms with E-state index in [1.165, 1.54) is 17.4 Å². The summed E-state index contributed by atoms with van der Waals surface area (Å²) in [7, 11) is 0. The van der Waals surface area contributed by atoms with Crippen LogP contribution < -0.4 is 4.90 Å². The Morgan fingerprint density at radius 1 is 1.38 bits per heavy atom. The summed E-state index contributed by atoms with van der Waals surface area (Å²) in [5.41, 5.74) is 3.26. The maximum absolute atomic E-state index is 11.9. The predicted molar refractivity (Wildman–Crippen MR) is 93.5 cm³/mol. The van der Waals surface area contributed by atoms with Crippen LogP contribution in [-0.4, -0.2) is 38.1 Å². The van der Waals surface area contributed by atoms with Gasteiger partial charge in [-0.25, -0.2) is 9.67 Å². The second-order valence-corrected chi connectivity index (χ2v) is 6.37. The van der Waals surface area contributed by atoms with Crippen LogP contribution in [0.25, 0.3) is 16.6 Å². The smallest absolute Gasteiger partial charge is 0.138 e. The fraction of sp³-hybridized carbons (Fsp3) is 0.389. The molecule has 0 saturated carbocycles. The van der Waals surface area contributed by atoms with Gasteiger partial charge in [0, 0.05) is 42.5 Å². The summed E-state index contributed by atoms with van der Waals surface area (Å²) >= 11 is 0. The number of piperidine rings is 1. The van der Waals surface area contributed by atoms with Gasteiger partial charge < -0.3 is 9.88 Å². The monoisotopic (exact) mass is 323 g/mol. The molecule has 124 valence electrons. The highest BCUT2D eigenvalue weighted by atomic mass is 16.1. The van der Waals surface area contributed by atoms with Crippen LogP contribution in [0, 0.1) is 0 Å². The number of ketones is 1. The maximum atomic E-state index is 11.9. The van der Waals surface area contributed by atoms with Gasteiger partial charge in [0.2, 0.25) is 0 Å². The number of nitrogens with zero attached hydrogens (tertiary/aromatic N) is 4. The molecule has 1 atom stereocenters. The molecular weight excluding hydrogens is 302 g/mol. The molecule has 4 rings (SSSR count). The number of hydrogen-bond donors (Lipinski definition) is 1. The topological polar surface area (TPSA) is 66.8 Å². The average Bonchev–Trinajstić information content (AvgIpc) is 3.24. The first-order valence-corrected chi connectivity index (χ1v) is 8.50. The van der Waals surface area contributed by atoms with Gasteiger partial charge in [0.15, 0.2) is 0 Å². The van der Waals surface area contributed by atoms with E-state index >= 15 is 0 Å². The number of rotatable bonds is 4. The van der Waals surface area contributed by atoms with E-state index in [9.17, 15) is 4.79 Å². The van der Waals surface area contributed by atoms with E-state index < -0.39 is 0 Å². The molecule has 1 N–H and O–H groups in total. The lowest BCUT2D eigenvalue weighted by Crippen LogP contribution is -2.42. The van der Waals surface area contributed by atoms with Crippen LogP contribution in [-0.2, 0) is 4.79 Å². The van der Waals surface area contributed by atoms with Crippen molar-refractivity contribution in [3.63, 3.8) is 0 Å². The molecule has 1 aromatic carbocycles. The number of aromatic amines is 1. The van der Waals surface area contributed by atoms with Crippen molar-refractivity contribution in [1.29, 1.82) is 0 Å². The third-order valence-corrected chi connectivity index (χ3v) is 4.79. The van der Waals surface area contributed by atoms with Crippen molar-refractivity contribution >= 4 is 22.4 Å². The molecule has 6 nitrogen and oxygen atoms in total. The van der Waals surface area contributed by atoms with E-state index in [1.54, 1.807) is 11.0 Å². The van der Waals surface area contributed by atoms with Gasteiger partial charge in [-0.15, -0.1) is 0 Å². The molecule has 3 aromatic rings. The fourth-order valence-corrected chi connectivity index (χ4v) is 3.63. The summed E-state index contributed by atoms with van der Waals surface area (Å²) in [6, 6.07) is 6.53. The Hall–Kier alpha value is -2.63. The Morgan fingerprint density at radius 3 is 3.08 bits per heavy atom. The van der Waals surface area contributed by atoms with Gasteiger partial charge in [-0.1, -0.05) is 13.3 Å². The fourth-order valence-electron chi connectivity index (χ4n) is 3.63. The quantitative estimate of drug-likeness (QED) is 0.801. The van der Waals surface area contributed by atoms with E-state index in [0.29, 0.717) is 24.7 Å². The Morgan fingerprint density at radius 2 is 2.29 bits per heavy atom. The largest absolute Gasteiger partial charge is 0.366 e. The first-order valence-electron chi connectivity index (χ1n) is 8.50. The van der Waals surface area contributed by atoms with Crippen molar-refractivity contribution in [3.05, 3.63) is 37.1 Å². The first-order chi connectivity index (χ1) is 11.8. The molecule has 0 spiro atoms. The van der Waals surface area contributed by atoms with Crippen molar-refractivity contribution in [2.75, 3.05) is 11.4 Å². The van der Waals surface area contributed by atoms with E-state index in [-0.39, 0.29) is 0 Å². The molecule has 24 heavy (non-hydrogen) atoms. The summed E-state index contributed by atoms with van der Waals surface area (Å²) in [5.74, 6) is 0.382. The Labute approximate surface area is 140 Å². The minimum atomic E-state index is 0.297. The van der Waals surface area contributed by atoms with E-state index in [4.69, 9.17) is 0 Å². The average molecular weight is 323 g/mol. The molecule has 6 heteroatoms. The van der Waals surface area contributed by atoms with Gasteiger partial charge in [0.25, 0.3) is 0 Å². The number of Topliss-reactive ketones (excluding diaryl/α,β-unsaturated/α-hetero) is 1. The number of benzene rings is 1. The molecular formula is C18H21N5O. The molecule has 0 aliphatic carbocycles. The summed E-state index contributed by atoms with van der Waals surface area (Å²) in [6.07, 6.45) is 8.72. The summed E-state index contributed by atoms with van der Waals surface area (Å²) in [6.45, 7) is 2.97. The second-order valence-electron chi connectivity index (χ2n) is 6.37. The van der Waals surface area contributed by atoms with Gasteiger partial charge in [0.05, 0.1) is 11.4 Å². The van der Waals surface area contributed by atoms with Crippen molar-refractivity contribution in [2.45, 2.75) is 38.6 Å². The SMILES string of the molecule is CCCC1CC(=O)CCN1c1c[nH]c2ccc(-n3cncn3)cc12. The molecule has 0 bridgehead atoms. The minimum absolute atomic E-state index is 0.297. The lowest BCUT2D eigenvalue weighted by atomic mass is 9.96. The first kappa shape index (κ1) is 14.9. The van der Waals surface area contributed by atoms with Crippen LogP contribution in [0.5, 0.6) is 0 Å². The number of carbonyl (C=O) groups is 1. The molecule has 1 fully saturated rings. The number of H-pyrrole nitrogens is 1. The molecule has 1 aliphatic heterocycles. The third kappa shape index (κ3) is 2.58. The van der Waals surface area contributed by atoms with Gasteiger partial charge in [-0.2, -0.15) is 5.10 Å². The minimum Gasteiger partial charge on any atom is -0.366 e. The zero-order valence-electron chi connectivity index (χ0n) is 13.8. The molecule has 3 heterocycles. The number of carbonyl (C=O) groups excluding carboxylic acids is 1. The van der Waals surface area contributed by atoms with E-state index in [1.807, 2.05) is 6.07 Å². The molecule has 2 aromatic heterocycles. The van der Waals surface area contributed by atoms with Crippen LogP contribution in [0.4, 0.5) is 5.69 Å². The number of nitrogens with one attached hydrogen (secondary N) is 1. The summed E-state index contributed by atoms with van der Waals surface area (Å²) in [4.78, 5) is 21.7. The van der Waals surface area contributed by atoms with Gasteiger partial charge >= 0.3 is 0 Å². The Balaban J connectivity index is 1.75. The van der Waals surface area contributed by atoms with Crippen molar-refractivity contribution in [2.24, 2.45) is 0 Å². The third-order valence-electron chi connectivity index (χ3n) is 4.79. The highest BCUT2D eigenvalue weighted by Gasteiger charge is 2.28. The predicted octanol–water partition coefficient (Wildman–Crippen LogP) is 3.09. The molecule has 0 amide bonds. The number of hydrogen-bond acceptors (Lipinski definition) is 4. The van der Waals surface area contributed by atoms with Crippen LogP contribution in [0.15, 0.2) is 37.1 Å². The standard InChI is InChI=1S/C18H21N5O/c1-2-3-13-8-15(24)6-7-22(13)18-10-20-17-5-4-14(9-16(17)18)23-12-19-11-21-23/h4-5,9-13,20H,2-3,6-8H2,1H3. The normalized spacial score (nSPS) is 18.5. The number of anilines is 1. The maximum Gasteiger partial charge on any atom is 0.138 e. The van der Waals surface area contributed by atoms with Gasteiger partial charge in [-0.3, -0.25) is 4.79 Å². The zero-order valence-corrected chi connectivity index (χ0v) is 13.8. The zero-order chi connectivity index (χ0) is 16.5. The van der Waals surface area contributed by atoms with E-state index in [0.717, 1.165) is 30.6 Å². The molecule has 0 radical (unpaired) electrons.